The highest BCUT2D eigenvalue weighted by Gasteiger charge is 2.38. The molecular weight excluding hydrogens is 240 g/mol. The molecule has 0 spiro atoms. The molecule has 0 fully saturated rings. The Balaban J connectivity index is 3.65. The Morgan fingerprint density at radius 3 is 2.00 bits per heavy atom. The summed E-state index contributed by atoms with van der Waals surface area (Å²) >= 11 is 0. The third kappa shape index (κ3) is 7.75. The van der Waals surface area contributed by atoms with E-state index in [9.17, 15) is 26.3 Å². The van der Waals surface area contributed by atoms with Crippen molar-refractivity contribution in [3.63, 3.8) is 0 Å². The van der Waals surface area contributed by atoms with Crippen LogP contribution in [0, 0.1) is 5.92 Å². The van der Waals surface area contributed by atoms with Gasteiger partial charge in [0.15, 0.2) is 0 Å². The summed E-state index contributed by atoms with van der Waals surface area (Å²) in [5, 5.41) is 0. The number of hydrogen-bond acceptors (Lipinski definition) is 2. The number of halogens is 6. The second kappa shape index (κ2) is 6.29. The monoisotopic (exact) mass is 253 g/mol. The number of rotatable bonds is 6. The molecule has 0 saturated heterocycles. The van der Waals surface area contributed by atoms with E-state index in [0.717, 1.165) is 0 Å². The van der Waals surface area contributed by atoms with E-state index in [0.29, 0.717) is 0 Å². The van der Waals surface area contributed by atoms with Crippen molar-refractivity contribution >= 4 is 0 Å². The van der Waals surface area contributed by atoms with E-state index in [2.05, 4.69) is 4.74 Å². The molecule has 98 valence electrons. The Morgan fingerprint density at radius 2 is 1.62 bits per heavy atom. The van der Waals surface area contributed by atoms with Gasteiger partial charge >= 0.3 is 12.4 Å². The van der Waals surface area contributed by atoms with Crippen LogP contribution in [0.2, 0.25) is 0 Å². The summed E-state index contributed by atoms with van der Waals surface area (Å²) in [4.78, 5) is 0. The summed E-state index contributed by atoms with van der Waals surface area (Å²) in [7, 11) is 0. The topological polar surface area (TPSA) is 35.2 Å². The summed E-state index contributed by atoms with van der Waals surface area (Å²) in [6.45, 7) is -1.69. The first-order valence-electron chi connectivity index (χ1n) is 4.58. The van der Waals surface area contributed by atoms with Crippen LogP contribution in [0.4, 0.5) is 26.3 Å². The fourth-order valence-corrected chi connectivity index (χ4v) is 0.896. The molecule has 16 heavy (non-hydrogen) atoms. The zero-order valence-corrected chi connectivity index (χ0v) is 8.37. The van der Waals surface area contributed by atoms with Crippen molar-refractivity contribution in [3.05, 3.63) is 0 Å². The van der Waals surface area contributed by atoms with Gasteiger partial charge in [-0.25, -0.2) is 0 Å². The van der Waals surface area contributed by atoms with Crippen LogP contribution in [0.3, 0.4) is 0 Å². The summed E-state index contributed by atoms with van der Waals surface area (Å²) in [6, 6.07) is 0. The lowest BCUT2D eigenvalue weighted by molar-refractivity contribution is -0.186. The van der Waals surface area contributed by atoms with Gasteiger partial charge in [-0.05, 0) is 6.42 Å². The molecule has 1 atom stereocenters. The molecule has 0 saturated carbocycles. The smallest absolute Gasteiger partial charge is 0.381 e. The molecule has 0 radical (unpaired) electrons. The van der Waals surface area contributed by atoms with Crippen molar-refractivity contribution in [2.45, 2.75) is 25.2 Å². The summed E-state index contributed by atoms with van der Waals surface area (Å²) in [6.07, 6.45) is -10.2. The quantitative estimate of drug-likeness (QED) is 0.583. The van der Waals surface area contributed by atoms with Gasteiger partial charge in [0.25, 0.3) is 0 Å². The van der Waals surface area contributed by atoms with Gasteiger partial charge < -0.3 is 10.5 Å². The molecule has 0 aliphatic rings. The Morgan fingerprint density at radius 1 is 1.06 bits per heavy atom. The summed E-state index contributed by atoms with van der Waals surface area (Å²) < 4.78 is 75.7. The van der Waals surface area contributed by atoms with E-state index in [1.165, 1.54) is 0 Å². The molecule has 1 unspecified atom stereocenters. The molecule has 0 amide bonds. The van der Waals surface area contributed by atoms with Crippen molar-refractivity contribution in [2.24, 2.45) is 11.7 Å². The first-order valence-corrected chi connectivity index (χ1v) is 4.58. The van der Waals surface area contributed by atoms with Gasteiger partial charge in [0.2, 0.25) is 0 Å². The lowest BCUT2D eigenvalue weighted by Crippen LogP contribution is -2.34. The lowest BCUT2D eigenvalue weighted by Gasteiger charge is -2.18. The molecule has 0 aromatic rings. The minimum absolute atomic E-state index is 0.349. The molecule has 0 aliphatic heterocycles. The molecule has 0 rings (SSSR count). The van der Waals surface area contributed by atoms with Gasteiger partial charge in [-0.1, -0.05) is 0 Å². The molecule has 0 aromatic carbocycles. The Labute approximate surface area is 88.7 Å². The molecule has 8 heteroatoms. The third-order valence-electron chi connectivity index (χ3n) is 1.82. The van der Waals surface area contributed by atoms with Crippen molar-refractivity contribution in [3.8, 4) is 0 Å². The van der Waals surface area contributed by atoms with Crippen LogP contribution in [-0.4, -0.2) is 32.1 Å². The van der Waals surface area contributed by atoms with Crippen LogP contribution in [-0.2, 0) is 4.74 Å². The minimum atomic E-state index is -4.47. The zero-order valence-electron chi connectivity index (χ0n) is 8.37. The van der Waals surface area contributed by atoms with Crippen LogP contribution in [0.1, 0.15) is 12.8 Å². The second-order valence-electron chi connectivity index (χ2n) is 3.27. The van der Waals surface area contributed by atoms with Crippen molar-refractivity contribution in [2.75, 3.05) is 19.8 Å². The maximum Gasteiger partial charge on any atom is 0.395 e. The van der Waals surface area contributed by atoms with Crippen LogP contribution in [0.15, 0.2) is 0 Å². The first kappa shape index (κ1) is 15.5. The molecule has 2 nitrogen and oxygen atoms in total. The van der Waals surface area contributed by atoms with E-state index >= 15 is 0 Å². The molecule has 0 aliphatic carbocycles. The maximum absolute atomic E-state index is 12.1. The number of hydrogen-bond donors (Lipinski definition) is 1. The summed E-state index contributed by atoms with van der Waals surface area (Å²) in [5.74, 6) is -1.82. The Bertz CT molecular complexity index is 190. The van der Waals surface area contributed by atoms with E-state index in [1.807, 2.05) is 0 Å². The molecule has 0 bridgehead atoms. The molecule has 2 N–H and O–H groups in total. The fraction of sp³-hybridized carbons (Fsp3) is 1.00. The lowest BCUT2D eigenvalue weighted by atomic mass is 10.1. The predicted octanol–water partition coefficient (Wildman–Crippen LogP) is 2.48. The normalized spacial score (nSPS) is 15.2. The Kier molecular flexibility index (Phi) is 6.09. The molecule has 0 aromatic heterocycles. The Hall–Kier alpha value is -0.500. The standard InChI is InChI=1S/C8H13F6NO/c9-7(10,11)2-1-3-16-5-6(4-15)8(12,13)14/h6H,1-5,15H2. The van der Waals surface area contributed by atoms with Crippen LogP contribution < -0.4 is 5.73 Å². The third-order valence-corrected chi connectivity index (χ3v) is 1.82. The highest BCUT2D eigenvalue weighted by atomic mass is 19.4. The number of alkyl halides is 6. The molecule has 0 heterocycles. The van der Waals surface area contributed by atoms with Gasteiger partial charge in [-0.2, -0.15) is 26.3 Å². The van der Waals surface area contributed by atoms with E-state index in [4.69, 9.17) is 5.73 Å². The van der Waals surface area contributed by atoms with Crippen LogP contribution >= 0.6 is 0 Å². The van der Waals surface area contributed by atoms with Gasteiger partial charge in [-0.3, -0.25) is 0 Å². The van der Waals surface area contributed by atoms with Gasteiger partial charge in [0.1, 0.15) is 0 Å². The average molecular weight is 253 g/mol. The van der Waals surface area contributed by atoms with Gasteiger partial charge in [-0.15, -0.1) is 0 Å². The largest absolute Gasteiger partial charge is 0.395 e. The van der Waals surface area contributed by atoms with E-state index < -0.39 is 37.8 Å². The number of ether oxygens (including phenoxy) is 1. The van der Waals surface area contributed by atoms with Crippen LogP contribution in [0.5, 0.6) is 0 Å². The first-order chi connectivity index (χ1) is 7.17. The maximum atomic E-state index is 12.1. The molecular formula is C8H13F6NO. The fourth-order valence-electron chi connectivity index (χ4n) is 0.896. The predicted molar refractivity (Wildman–Crippen MR) is 44.7 cm³/mol. The summed E-state index contributed by atoms with van der Waals surface area (Å²) in [5.41, 5.74) is 4.86. The van der Waals surface area contributed by atoms with Gasteiger partial charge in [0.05, 0.1) is 12.5 Å². The number of nitrogens with two attached hydrogens (primary N) is 1. The van der Waals surface area contributed by atoms with Crippen molar-refractivity contribution in [1.82, 2.24) is 0 Å². The van der Waals surface area contributed by atoms with Crippen molar-refractivity contribution in [1.29, 1.82) is 0 Å². The van der Waals surface area contributed by atoms with Crippen molar-refractivity contribution < 1.29 is 31.1 Å². The van der Waals surface area contributed by atoms with E-state index in [1.54, 1.807) is 0 Å². The van der Waals surface area contributed by atoms with E-state index in [-0.39, 0.29) is 13.0 Å². The highest BCUT2D eigenvalue weighted by Crippen LogP contribution is 2.26. The second-order valence-corrected chi connectivity index (χ2v) is 3.27. The SMILES string of the molecule is NCC(COCCCC(F)(F)F)C(F)(F)F. The zero-order chi connectivity index (χ0) is 12.8. The highest BCUT2D eigenvalue weighted by molar-refractivity contribution is 4.67. The minimum Gasteiger partial charge on any atom is -0.381 e. The average Bonchev–Trinajstić information content (AvgIpc) is 2.07. The van der Waals surface area contributed by atoms with Crippen LogP contribution in [0.25, 0.3) is 0 Å². The van der Waals surface area contributed by atoms with Gasteiger partial charge in [0, 0.05) is 19.6 Å².